The maximum Gasteiger partial charge on any atom is 0.191 e. The molecule has 4 heteroatoms. The summed E-state index contributed by atoms with van der Waals surface area (Å²) in [6.45, 7) is 8.75. The van der Waals surface area contributed by atoms with Crippen molar-refractivity contribution in [3.05, 3.63) is 0 Å². The Labute approximate surface area is 113 Å². The van der Waals surface area contributed by atoms with Crippen molar-refractivity contribution in [3.8, 4) is 0 Å². The Kier molecular flexibility index (Phi) is 12.1. The smallest absolute Gasteiger partial charge is 0.191 e. The molecule has 0 aromatic rings. The van der Waals surface area contributed by atoms with Crippen LogP contribution in [0.15, 0.2) is 4.99 Å². The molecule has 0 amide bonds. The zero-order chi connectivity index (χ0) is 13.6. The monoisotopic (exact) mass is 257 g/mol. The summed E-state index contributed by atoms with van der Waals surface area (Å²) in [7, 11) is 1.81. The first-order valence-corrected chi connectivity index (χ1v) is 7.29. The molecule has 1 atom stereocenters. The van der Waals surface area contributed by atoms with Crippen LogP contribution in [-0.4, -0.2) is 38.8 Å². The first kappa shape index (κ1) is 17.2. The lowest BCUT2D eigenvalue weighted by molar-refractivity contribution is 0.152. The summed E-state index contributed by atoms with van der Waals surface area (Å²) < 4.78 is 5.28. The molecule has 0 saturated heterocycles. The minimum absolute atomic E-state index is 0.472. The minimum Gasteiger partial charge on any atom is -0.380 e. The molecule has 0 bridgehead atoms. The fourth-order valence-electron chi connectivity index (χ4n) is 1.76. The van der Waals surface area contributed by atoms with Crippen LogP contribution in [-0.2, 0) is 4.74 Å². The van der Waals surface area contributed by atoms with Crippen LogP contribution >= 0.6 is 0 Å². The number of unbranched alkanes of at least 4 members (excludes halogenated alkanes) is 3. The van der Waals surface area contributed by atoms with Gasteiger partial charge in [0.2, 0.25) is 0 Å². The predicted molar refractivity (Wildman–Crippen MR) is 79.2 cm³/mol. The van der Waals surface area contributed by atoms with E-state index in [1.54, 1.807) is 7.05 Å². The van der Waals surface area contributed by atoms with E-state index in [0.29, 0.717) is 6.04 Å². The van der Waals surface area contributed by atoms with Crippen LogP contribution in [0.3, 0.4) is 0 Å². The zero-order valence-corrected chi connectivity index (χ0v) is 12.6. The molecule has 0 spiro atoms. The molecule has 0 aromatic carbocycles. The van der Waals surface area contributed by atoms with Gasteiger partial charge in [0.25, 0.3) is 0 Å². The van der Waals surface area contributed by atoms with Crippen LogP contribution < -0.4 is 10.6 Å². The van der Waals surface area contributed by atoms with Gasteiger partial charge >= 0.3 is 0 Å². The first-order valence-electron chi connectivity index (χ1n) is 7.29. The van der Waals surface area contributed by atoms with Gasteiger partial charge in [-0.3, -0.25) is 4.99 Å². The lowest BCUT2D eigenvalue weighted by Crippen LogP contribution is -2.43. The third kappa shape index (κ3) is 10.4. The highest BCUT2D eigenvalue weighted by atomic mass is 16.5. The maximum absolute atomic E-state index is 5.28. The largest absolute Gasteiger partial charge is 0.380 e. The van der Waals surface area contributed by atoms with E-state index < -0.39 is 0 Å². The summed E-state index contributed by atoms with van der Waals surface area (Å²) in [5.41, 5.74) is 0. The molecule has 0 heterocycles. The van der Waals surface area contributed by atoms with E-state index in [9.17, 15) is 0 Å². The number of hydrogen-bond donors (Lipinski definition) is 2. The molecule has 0 rings (SSSR count). The van der Waals surface area contributed by atoms with E-state index in [4.69, 9.17) is 4.74 Å². The van der Waals surface area contributed by atoms with E-state index in [-0.39, 0.29) is 0 Å². The van der Waals surface area contributed by atoms with Gasteiger partial charge < -0.3 is 15.4 Å². The second-order valence-electron chi connectivity index (χ2n) is 4.59. The van der Waals surface area contributed by atoms with Crippen LogP contribution in [0.5, 0.6) is 0 Å². The number of rotatable bonds is 10. The van der Waals surface area contributed by atoms with Gasteiger partial charge in [0.1, 0.15) is 0 Å². The van der Waals surface area contributed by atoms with Crippen molar-refractivity contribution in [2.24, 2.45) is 4.99 Å². The highest BCUT2D eigenvalue weighted by molar-refractivity contribution is 5.79. The fourth-order valence-corrected chi connectivity index (χ4v) is 1.76. The lowest BCUT2D eigenvalue weighted by atomic mass is 10.1. The van der Waals surface area contributed by atoms with Gasteiger partial charge in [-0.2, -0.15) is 0 Å². The molecule has 0 aliphatic heterocycles. The second kappa shape index (κ2) is 12.7. The molecule has 0 aromatic heterocycles. The molecule has 18 heavy (non-hydrogen) atoms. The molecule has 0 aliphatic carbocycles. The molecule has 0 saturated carbocycles. The van der Waals surface area contributed by atoms with E-state index in [2.05, 4.69) is 29.5 Å². The number of nitrogens with zero attached hydrogens (tertiary/aromatic N) is 1. The van der Waals surface area contributed by atoms with Crippen LogP contribution in [0.25, 0.3) is 0 Å². The van der Waals surface area contributed by atoms with Gasteiger partial charge in [-0.1, -0.05) is 32.6 Å². The van der Waals surface area contributed by atoms with Gasteiger partial charge in [-0.05, 0) is 20.3 Å². The number of aliphatic imine (C=N–C) groups is 1. The predicted octanol–water partition coefficient (Wildman–Crippen LogP) is 2.55. The van der Waals surface area contributed by atoms with Crippen molar-refractivity contribution in [2.75, 3.05) is 26.8 Å². The average Bonchev–Trinajstić information content (AvgIpc) is 2.38. The van der Waals surface area contributed by atoms with Crippen molar-refractivity contribution < 1.29 is 4.74 Å². The summed E-state index contributed by atoms with van der Waals surface area (Å²) in [5.74, 6) is 0.873. The highest BCUT2D eigenvalue weighted by Crippen LogP contribution is 2.04. The van der Waals surface area contributed by atoms with Gasteiger partial charge in [0.05, 0.1) is 6.61 Å². The number of ether oxygens (including phenoxy) is 1. The van der Waals surface area contributed by atoms with Gasteiger partial charge in [-0.25, -0.2) is 0 Å². The highest BCUT2D eigenvalue weighted by Gasteiger charge is 2.04. The Hall–Kier alpha value is -0.770. The van der Waals surface area contributed by atoms with Crippen LogP contribution in [0.1, 0.15) is 52.9 Å². The number of nitrogens with one attached hydrogen (secondary N) is 2. The normalized spacial score (nSPS) is 13.4. The average molecular weight is 257 g/mol. The Morgan fingerprint density at radius 3 is 2.61 bits per heavy atom. The SMILES string of the molecule is CCCCCCC(C)NC(=NC)NCCOCC. The standard InChI is InChI=1S/C14H31N3O/c1-5-7-8-9-10-13(3)17-14(15-4)16-11-12-18-6-2/h13H,5-12H2,1-4H3,(H2,15,16,17). The van der Waals surface area contributed by atoms with Crippen molar-refractivity contribution in [1.82, 2.24) is 10.6 Å². The summed E-state index contributed by atoms with van der Waals surface area (Å²) in [4.78, 5) is 4.21. The molecule has 0 radical (unpaired) electrons. The molecular weight excluding hydrogens is 226 g/mol. The Morgan fingerprint density at radius 1 is 1.22 bits per heavy atom. The number of guanidine groups is 1. The van der Waals surface area contributed by atoms with Gasteiger partial charge in [0, 0.05) is 26.2 Å². The summed E-state index contributed by atoms with van der Waals surface area (Å²) in [6.07, 6.45) is 6.46. The molecular formula is C14H31N3O. The van der Waals surface area contributed by atoms with E-state index in [0.717, 1.165) is 25.7 Å². The van der Waals surface area contributed by atoms with Crippen LogP contribution in [0.2, 0.25) is 0 Å². The lowest BCUT2D eigenvalue weighted by Gasteiger charge is -2.17. The van der Waals surface area contributed by atoms with Crippen molar-refractivity contribution in [3.63, 3.8) is 0 Å². The maximum atomic E-state index is 5.28. The summed E-state index contributed by atoms with van der Waals surface area (Å²) in [6, 6.07) is 0.472. The van der Waals surface area contributed by atoms with Gasteiger partial charge in [-0.15, -0.1) is 0 Å². The summed E-state index contributed by atoms with van der Waals surface area (Å²) >= 11 is 0. The van der Waals surface area contributed by atoms with E-state index in [1.165, 1.54) is 32.1 Å². The molecule has 0 fully saturated rings. The zero-order valence-electron chi connectivity index (χ0n) is 12.6. The first-order chi connectivity index (χ1) is 8.74. The Balaban J connectivity index is 3.63. The van der Waals surface area contributed by atoms with Gasteiger partial charge in [0.15, 0.2) is 5.96 Å². The van der Waals surface area contributed by atoms with E-state index >= 15 is 0 Å². The molecule has 2 N–H and O–H groups in total. The van der Waals surface area contributed by atoms with Crippen molar-refractivity contribution >= 4 is 5.96 Å². The van der Waals surface area contributed by atoms with Crippen molar-refractivity contribution in [1.29, 1.82) is 0 Å². The quantitative estimate of drug-likeness (QED) is 0.359. The Morgan fingerprint density at radius 2 is 2.00 bits per heavy atom. The summed E-state index contributed by atoms with van der Waals surface area (Å²) in [5, 5.41) is 6.65. The van der Waals surface area contributed by atoms with Crippen LogP contribution in [0.4, 0.5) is 0 Å². The molecule has 1 unspecified atom stereocenters. The molecule has 0 aliphatic rings. The fraction of sp³-hybridized carbons (Fsp3) is 0.929. The molecule has 4 nitrogen and oxygen atoms in total. The third-order valence-electron chi connectivity index (χ3n) is 2.84. The molecule has 108 valence electrons. The Bertz CT molecular complexity index is 207. The topological polar surface area (TPSA) is 45.7 Å². The minimum atomic E-state index is 0.472. The van der Waals surface area contributed by atoms with Crippen LogP contribution in [0, 0.1) is 0 Å². The number of hydrogen-bond acceptors (Lipinski definition) is 2. The van der Waals surface area contributed by atoms with Crippen molar-refractivity contribution in [2.45, 2.75) is 58.9 Å². The third-order valence-corrected chi connectivity index (χ3v) is 2.84. The second-order valence-corrected chi connectivity index (χ2v) is 4.59. The van der Waals surface area contributed by atoms with E-state index in [1.807, 2.05) is 6.92 Å².